The van der Waals surface area contributed by atoms with Gasteiger partial charge in [0.1, 0.15) is 11.9 Å². The molecule has 3 heteroatoms. The van der Waals surface area contributed by atoms with Crippen LogP contribution in [0.25, 0.3) is 0 Å². The van der Waals surface area contributed by atoms with E-state index in [9.17, 15) is 0 Å². The van der Waals surface area contributed by atoms with Crippen LogP contribution in [0.5, 0.6) is 5.75 Å². The predicted octanol–water partition coefficient (Wildman–Crippen LogP) is 3.69. The van der Waals surface area contributed by atoms with Gasteiger partial charge in [0.25, 0.3) is 0 Å². The number of aryl methyl sites for hydroxylation is 1. The average Bonchev–Trinajstić information content (AvgIpc) is 2.85. The van der Waals surface area contributed by atoms with E-state index in [4.69, 9.17) is 22.1 Å². The van der Waals surface area contributed by atoms with E-state index in [2.05, 4.69) is 6.92 Å². The van der Waals surface area contributed by atoms with Crippen LogP contribution >= 0.6 is 11.6 Å². The van der Waals surface area contributed by atoms with Gasteiger partial charge in [-0.2, -0.15) is 0 Å². The normalized spacial score (nSPS) is 29.3. The Morgan fingerprint density at radius 2 is 2.06 bits per heavy atom. The Labute approximate surface area is 113 Å². The van der Waals surface area contributed by atoms with Crippen molar-refractivity contribution >= 4 is 11.6 Å². The number of nitrogens with two attached hydrogens (primary N) is 1. The van der Waals surface area contributed by atoms with E-state index in [0.717, 1.165) is 12.2 Å². The zero-order chi connectivity index (χ0) is 12.8. The lowest BCUT2D eigenvalue weighted by molar-refractivity contribution is -0.0619. The molecule has 2 saturated carbocycles. The van der Waals surface area contributed by atoms with Crippen molar-refractivity contribution in [1.29, 1.82) is 0 Å². The van der Waals surface area contributed by atoms with E-state index < -0.39 is 0 Å². The minimum Gasteiger partial charge on any atom is -0.488 e. The van der Waals surface area contributed by atoms with Gasteiger partial charge in [-0.3, -0.25) is 0 Å². The van der Waals surface area contributed by atoms with Crippen LogP contribution in [0.3, 0.4) is 0 Å². The maximum absolute atomic E-state index is 6.22. The van der Waals surface area contributed by atoms with Crippen molar-refractivity contribution in [3.05, 3.63) is 28.8 Å². The monoisotopic (exact) mass is 265 g/mol. The fourth-order valence-corrected chi connectivity index (χ4v) is 3.69. The summed E-state index contributed by atoms with van der Waals surface area (Å²) in [4.78, 5) is 0. The second kappa shape index (κ2) is 4.43. The number of hydrogen-bond acceptors (Lipinski definition) is 2. The Kier molecular flexibility index (Phi) is 3.03. The Balaban J connectivity index is 1.79. The summed E-state index contributed by atoms with van der Waals surface area (Å²) in [6.45, 7) is 2.06. The smallest absolute Gasteiger partial charge is 0.138 e. The summed E-state index contributed by atoms with van der Waals surface area (Å²) in [5.74, 6) is 0.819. The van der Waals surface area contributed by atoms with Crippen LogP contribution in [0.4, 0.5) is 0 Å². The van der Waals surface area contributed by atoms with Crippen molar-refractivity contribution in [2.24, 2.45) is 11.1 Å². The summed E-state index contributed by atoms with van der Waals surface area (Å²) < 4.78 is 6.16. The molecule has 2 aliphatic carbocycles. The third kappa shape index (κ3) is 1.83. The van der Waals surface area contributed by atoms with Crippen molar-refractivity contribution in [3.8, 4) is 5.75 Å². The topological polar surface area (TPSA) is 35.2 Å². The first-order valence-electron chi connectivity index (χ1n) is 6.80. The lowest BCUT2D eigenvalue weighted by atomic mass is 9.61. The Morgan fingerprint density at radius 3 is 2.72 bits per heavy atom. The van der Waals surface area contributed by atoms with Crippen LogP contribution in [0.2, 0.25) is 5.02 Å². The molecule has 18 heavy (non-hydrogen) atoms. The van der Waals surface area contributed by atoms with Gasteiger partial charge >= 0.3 is 0 Å². The van der Waals surface area contributed by atoms with Crippen LogP contribution in [-0.4, -0.2) is 12.1 Å². The first-order valence-corrected chi connectivity index (χ1v) is 7.18. The summed E-state index contributed by atoms with van der Waals surface area (Å²) in [7, 11) is 0. The molecular weight excluding hydrogens is 246 g/mol. The molecule has 0 radical (unpaired) electrons. The van der Waals surface area contributed by atoms with E-state index >= 15 is 0 Å². The van der Waals surface area contributed by atoms with E-state index in [1.165, 1.54) is 31.2 Å². The first kappa shape index (κ1) is 12.3. The maximum atomic E-state index is 6.22. The van der Waals surface area contributed by atoms with Gasteiger partial charge in [0.2, 0.25) is 0 Å². The average molecular weight is 266 g/mol. The van der Waals surface area contributed by atoms with E-state index in [1.807, 2.05) is 18.2 Å². The molecule has 0 amide bonds. The SMILES string of the molecule is Cc1ccc(Cl)c(OC2CC(N)C23CCCC3)c1. The fraction of sp³-hybridized carbons (Fsp3) is 0.600. The van der Waals surface area contributed by atoms with Gasteiger partial charge in [-0.15, -0.1) is 0 Å². The van der Waals surface area contributed by atoms with Gasteiger partial charge in [0.15, 0.2) is 0 Å². The number of hydrogen-bond donors (Lipinski definition) is 1. The molecule has 1 aromatic rings. The van der Waals surface area contributed by atoms with Gasteiger partial charge in [-0.1, -0.05) is 30.5 Å². The van der Waals surface area contributed by atoms with Crippen LogP contribution < -0.4 is 10.5 Å². The maximum Gasteiger partial charge on any atom is 0.138 e. The highest BCUT2D eigenvalue weighted by atomic mass is 35.5. The molecule has 3 rings (SSSR count). The van der Waals surface area contributed by atoms with Crippen LogP contribution in [0.15, 0.2) is 18.2 Å². The molecule has 1 spiro atoms. The Bertz CT molecular complexity index is 454. The van der Waals surface area contributed by atoms with Gasteiger partial charge < -0.3 is 10.5 Å². The van der Waals surface area contributed by atoms with E-state index in [1.54, 1.807) is 0 Å². The summed E-state index contributed by atoms with van der Waals surface area (Å²) >= 11 is 6.20. The lowest BCUT2D eigenvalue weighted by Crippen LogP contribution is -2.62. The number of benzene rings is 1. The summed E-state index contributed by atoms with van der Waals surface area (Å²) in [5, 5.41) is 0.703. The molecule has 2 atom stereocenters. The van der Waals surface area contributed by atoms with E-state index in [-0.39, 0.29) is 11.5 Å². The third-order valence-corrected chi connectivity index (χ3v) is 5.05. The highest BCUT2D eigenvalue weighted by molar-refractivity contribution is 6.32. The van der Waals surface area contributed by atoms with Crippen molar-refractivity contribution in [2.45, 2.75) is 51.2 Å². The van der Waals surface area contributed by atoms with E-state index in [0.29, 0.717) is 11.1 Å². The molecule has 2 fully saturated rings. The molecule has 98 valence electrons. The van der Waals surface area contributed by atoms with Crippen LogP contribution in [0, 0.1) is 12.3 Å². The third-order valence-electron chi connectivity index (χ3n) is 4.74. The summed E-state index contributed by atoms with van der Waals surface area (Å²) in [6, 6.07) is 6.25. The molecule has 2 aliphatic rings. The van der Waals surface area contributed by atoms with Crippen LogP contribution in [0.1, 0.15) is 37.7 Å². The summed E-state index contributed by atoms with van der Waals surface area (Å²) in [5.41, 5.74) is 7.63. The molecule has 2 unspecified atom stereocenters. The molecule has 0 aliphatic heterocycles. The molecule has 0 aromatic heterocycles. The molecule has 2 nitrogen and oxygen atoms in total. The Hall–Kier alpha value is -0.730. The number of ether oxygens (including phenoxy) is 1. The van der Waals surface area contributed by atoms with Gasteiger partial charge in [-0.25, -0.2) is 0 Å². The molecule has 0 bridgehead atoms. The highest BCUT2D eigenvalue weighted by Crippen LogP contribution is 2.54. The number of rotatable bonds is 2. The minimum absolute atomic E-state index is 0.229. The highest BCUT2D eigenvalue weighted by Gasteiger charge is 2.56. The minimum atomic E-state index is 0.229. The fourth-order valence-electron chi connectivity index (χ4n) is 3.52. The van der Waals surface area contributed by atoms with Crippen molar-refractivity contribution < 1.29 is 4.74 Å². The summed E-state index contributed by atoms with van der Waals surface area (Å²) in [6.07, 6.45) is 6.22. The molecular formula is C15H20ClNO. The standard InChI is InChI=1S/C15H20ClNO/c1-10-4-5-11(16)12(8-10)18-14-9-13(17)15(14)6-2-3-7-15/h4-5,8,13-14H,2-3,6-7,9,17H2,1H3. The van der Waals surface area contributed by atoms with Crippen LogP contribution in [-0.2, 0) is 0 Å². The molecule has 0 heterocycles. The Morgan fingerprint density at radius 1 is 1.33 bits per heavy atom. The lowest BCUT2D eigenvalue weighted by Gasteiger charge is -2.52. The molecule has 1 aromatic carbocycles. The molecule has 0 saturated heterocycles. The molecule has 2 N–H and O–H groups in total. The van der Waals surface area contributed by atoms with Crippen molar-refractivity contribution in [2.75, 3.05) is 0 Å². The van der Waals surface area contributed by atoms with Crippen molar-refractivity contribution in [1.82, 2.24) is 0 Å². The zero-order valence-electron chi connectivity index (χ0n) is 10.8. The van der Waals surface area contributed by atoms with Gasteiger partial charge in [-0.05, 0) is 37.5 Å². The predicted molar refractivity (Wildman–Crippen MR) is 74.1 cm³/mol. The second-order valence-corrected chi connectivity index (χ2v) is 6.23. The second-order valence-electron chi connectivity index (χ2n) is 5.82. The quantitative estimate of drug-likeness (QED) is 0.885. The first-order chi connectivity index (χ1) is 8.62. The van der Waals surface area contributed by atoms with Gasteiger partial charge in [0, 0.05) is 17.9 Å². The largest absolute Gasteiger partial charge is 0.488 e. The number of halogens is 1. The van der Waals surface area contributed by atoms with Gasteiger partial charge in [0.05, 0.1) is 5.02 Å². The zero-order valence-corrected chi connectivity index (χ0v) is 11.5. The van der Waals surface area contributed by atoms with Crippen molar-refractivity contribution in [3.63, 3.8) is 0 Å².